The molecule has 1 N–H and O–H groups in total. The molecule has 2 amide bonds. The van der Waals surface area contributed by atoms with Gasteiger partial charge in [0.25, 0.3) is 5.91 Å². The number of nitrogens with zero attached hydrogens (tertiary/aromatic N) is 2. The van der Waals surface area contributed by atoms with Crippen molar-refractivity contribution in [2.45, 2.75) is 51.2 Å². The normalized spacial score (nSPS) is 23.9. The summed E-state index contributed by atoms with van der Waals surface area (Å²) in [6.45, 7) is 7.68. The van der Waals surface area contributed by atoms with E-state index in [1.54, 1.807) is 0 Å². The minimum absolute atomic E-state index is 0.00920. The summed E-state index contributed by atoms with van der Waals surface area (Å²) in [6, 6.07) is 9.45. The van der Waals surface area contributed by atoms with Crippen molar-refractivity contribution in [1.82, 2.24) is 15.1 Å². The maximum Gasteiger partial charge on any atom is 0.251 e. The first-order chi connectivity index (χ1) is 13.1. The van der Waals surface area contributed by atoms with Crippen molar-refractivity contribution >= 4 is 11.8 Å². The van der Waals surface area contributed by atoms with Gasteiger partial charge in [0, 0.05) is 50.5 Å². The fourth-order valence-corrected chi connectivity index (χ4v) is 4.23. The van der Waals surface area contributed by atoms with E-state index in [4.69, 9.17) is 4.74 Å². The summed E-state index contributed by atoms with van der Waals surface area (Å²) in [5, 5.41) is 3.14. The lowest BCUT2D eigenvalue weighted by molar-refractivity contribution is -0.137. The highest BCUT2D eigenvalue weighted by atomic mass is 16.5. The average molecular weight is 373 g/mol. The Morgan fingerprint density at radius 2 is 1.81 bits per heavy atom. The van der Waals surface area contributed by atoms with Crippen molar-refractivity contribution in [2.75, 3.05) is 32.8 Å². The number of carbonyl (C=O) groups is 2. The second kappa shape index (κ2) is 9.33. The van der Waals surface area contributed by atoms with E-state index in [2.05, 4.69) is 10.2 Å². The SMILES string of the molecule is CCN(CC)C(=O)[C@@H]1C[C@@H](NC(=O)c2ccccc2)CN1C1CCOCC1. The molecule has 148 valence electrons. The van der Waals surface area contributed by atoms with Gasteiger partial charge in [0.05, 0.1) is 6.04 Å². The summed E-state index contributed by atoms with van der Waals surface area (Å²) >= 11 is 0. The first-order valence-electron chi connectivity index (χ1n) is 10.1. The number of carbonyl (C=O) groups excluding carboxylic acids is 2. The van der Waals surface area contributed by atoms with Crippen molar-refractivity contribution < 1.29 is 14.3 Å². The highest BCUT2D eigenvalue weighted by Crippen LogP contribution is 2.27. The number of likely N-dealkylation sites (tertiary alicyclic amines) is 1. The molecule has 6 heteroatoms. The maximum absolute atomic E-state index is 13.1. The van der Waals surface area contributed by atoms with Crippen LogP contribution in [0.5, 0.6) is 0 Å². The second-order valence-electron chi connectivity index (χ2n) is 7.34. The van der Waals surface area contributed by atoms with Crippen LogP contribution >= 0.6 is 0 Å². The third kappa shape index (κ3) is 4.68. The summed E-state index contributed by atoms with van der Waals surface area (Å²) in [4.78, 5) is 29.9. The van der Waals surface area contributed by atoms with E-state index in [1.807, 2.05) is 49.1 Å². The lowest BCUT2D eigenvalue weighted by atomic mass is 10.0. The standard InChI is InChI=1S/C21H31N3O3/c1-3-23(4-2)21(26)19-14-17(15-24(19)18-10-12-27-13-11-18)22-20(25)16-8-6-5-7-9-16/h5-9,17-19H,3-4,10-15H2,1-2H3,(H,22,25)/t17-,19+/m1/s1. The van der Waals surface area contributed by atoms with Gasteiger partial charge < -0.3 is 15.0 Å². The van der Waals surface area contributed by atoms with Crippen LogP contribution in [-0.2, 0) is 9.53 Å². The number of hydrogen-bond donors (Lipinski definition) is 1. The second-order valence-corrected chi connectivity index (χ2v) is 7.34. The maximum atomic E-state index is 13.1. The molecule has 0 spiro atoms. The van der Waals surface area contributed by atoms with Crippen LogP contribution < -0.4 is 5.32 Å². The molecule has 2 atom stereocenters. The number of rotatable bonds is 6. The summed E-state index contributed by atoms with van der Waals surface area (Å²) < 4.78 is 5.50. The summed E-state index contributed by atoms with van der Waals surface area (Å²) in [7, 11) is 0. The molecule has 0 saturated carbocycles. The Kier molecular flexibility index (Phi) is 6.85. The van der Waals surface area contributed by atoms with E-state index in [9.17, 15) is 9.59 Å². The molecule has 0 aliphatic carbocycles. The van der Waals surface area contributed by atoms with Crippen LogP contribution in [-0.4, -0.2) is 72.6 Å². The van der Waals surface area contributed by atoms with Gasteiger partial charge in [-0.3, -0.25) is 14.5 Å². The molecular weight excluding hydrogens is 342 g/mol. The van der Waals surface area contributed by atoms with E-state index < -0.39 is 0 Å². The van der Waals surface area contributed by atoms with Gasteiger partial charge >= 0.3 is 0 Å². The van der Waals surface area contributed by atoms with Crippen LogP contribution in [0.15, 0.2) is 30.3 Å². The molecule has 2 saturated heterocycles. The Bertz CT molecular complexity index is 627. The van der Waals surface area contributed by atoms with Gasteiger partial charge in [-0.1, -0.05) is 18.2 Å². The molecule has 0 bridgehead atoms. The van der Waals surface area contributed by atoms with Crippen LogP contribution in [0.25, 0.3) is 0 Å². The summed E-state index contributed by atoms with van der Waals surface area (Å²) in [5.74, 6) is 0.117. The van der Waals surface area contributed by atoms with E-state index in [-0.39, 0.29) is 23.9 Å². The van der Waals surface area contributed by atoms with Crippen LogP contribution in [0.4, 0.5) is 0 Å². The molecule has 0 aromatic heterocycles. The van der Waals surface area contributed by atoms with Crippen LogP contribution in [0.1, 0.15) is 43.5 Å². The monoisotopic (exact) mass is 373 g/mol. The molecule has 2 fully saturated rings. The Balaban J connectivity index is 1.72. The third-order valence-corrected chi connectivity index (χ3v) is 5.73. The zero-order chi connectivity index (χ0) is 19.2. The number of ether oxygens (including phenoxy) is 1. The molecular formula is C21H31N3O3. The summed E-state index contributed by atoms with van der Waals surface area (Å²) in [5.41, 5.74) is 0.661. The topological polar surface area (TPSA) is 61.9 Å². The fraction of sp³-hybridized carbons (Fsp3) is 0.619. The Hall–Kier alpha value is -1.92. The number of nitrogens with one attached hydrogen (secondary N) is 1. The number of likely N-dealkylation sites (N-methyl/N-ethyl adjacent to an activating group) is 1. The molecule has 1 aromatic carbocycles. The highest BCUT2D eigenvalue weighted by Gasteiger charge is 2.42. The predicted molar refractivity (Wildman–Crippen MR) is 105 cm³/mol. The first-order valence-corrected chi connectivity index (χ1v) is 10.1. The minimum Gasteiger partial charge on any atom is -0.381 e. The molecule has 0 radical (unpaired) electrons. The highest BCUT2D eigenvalue weighted by molar-refractivity contribution is 5.94. The molecule has 2 aliphatic rings. The van der Waals surface area contributed by atoms with Crippen LogP contribution in [0, 0.1) is 0 Å². The molecule has 0 unspecified atom stereocenters. The molecule has 2 heterocycles. The van der Waals surface area contributed by atoms with Gasteiger partial charge in [-0.15, -0.1) is 0 Å². The van der Waals surface area contributed by atoms with Gasteiger partial charge in [0.1, 0.15) is 0 Å². The number of benzene rings is 1. The quantitative estimate of drug-likeness (QED) is 0.827. The lowest BCUT2D eigenvalue weighted by Gasteiger charge is -2.36. The zero-order valence-electron chi connectivity index (χ0n) is 16.4. The minimum atomic E-state index is -0.158. The predicted octanol–water partition coefficient (Wildman–Crippen LogP) is 1.91. The third-order valence-electron chi connectivity index (χ3n) is 5.73. The zero-order valence-corrected chi connectivity index (χ0v) is 16.4. The van der Waals surface area contributed by atoms with Gasteiger partial charge in [-0.05, 0) is 45.2 Å². The van der Waals surface area contributed by atoms with Crippen molar-refractivity contribution in [3.05, 3.63) is 35.9 Å². The van der Waals surface area contributed by atoms with Crippen molar-refractivity contribution in [3.63, 3.8) is 0 Å². The fourth-order valence-electron chi connectivity index (χ4n) is 4.23. The van der Waals surface area contributed by atoms with E-state index >= 15 is 0 Å². The molecule has 1 aromatic rings. The Labute approximate surface area is 161 Å². The average Bonchev–Trinajstić information content (AvgIpc) is 3.14. The molecule has 3 rings (SSSR count). The largest absolute Gasteiger partial charge is 0.381 e. The smallest absolute Gasteiger partial charge is 0.251 e. The lowest BCUT2D eigenvalue weighted by Crippen LogP contribution is -2.50. The molecule has 27 heavy (non-hydrogen) atoms. The van der Waals surface area contributed by atoms with Crippen molar-refractivity contribution in [2.24, 2.45) is 0 Å². The van der Waals surface area contributed by atoms with E-state index in [0.717, 1.165) is 32.6 Å². The van der Waals surface area contributed by atoms with Crippen molar-refractivity contribution in [3.8, 4) is 0 Å². The van der Waals surface area contributed by atoms with Gasteiger partial charge in [-0.2, -0.15) is 0 Å². The number of hydrogen-bond acceptors (Lipinski definition) is 4. The molecule has 6 nitrogen and oxygen atoms in total. The Morgan fingerprint density at radius 1 is 1.15 bits per heavy atom. The first kappa shape index (κ1) is 19.8. The van der Waals surface area contributed by atoms with Crippen LogP contribution in [0.3, 0.4) is 0 Å². The van der Waals surface area contributed by atoms with Gasteiger partial charge in [-0.25, -0.2) is 0 Å². The van der Waals surface area contributed by atoms with E-state index in [1.165, 1.54) is 0 Å². The van der Waals surface area contributed by atoms with Crippen molar-refractivity contribution in [1.29, 1.82) is 0 Å². The Morgan fingerprint density at radius 3 is 2.44 bits per heavy atom. The summed E-state index contributed by atoms with van der Waals surface area (Å²) in [6.07, 6.45) is 2.56. The molecule has 2 aliphatic heterocycles. The van der Waals surface area contributed by atoms with E-state index in [0.29, 0.717) is 31.1 Å². The van der Waals surface area contributed by atoms with Gasteiger partial charge in [0.15, 0.2) is 0 Å². The van der Waals surface area contributed by atoms with Crippen LogP contribution in [0.2, 0.25) is 0 Å². The number of amides is 2. The van der Waals surface area contributed by atoms with Gasteiger partial charge in [0.2, 0.25) is 5.91 Å².